The molecule has 0 unspecified atom stereocenters. The molecule has 0 heterocycles. The van der Waals surface area contributed by atoms with E-state index in [-0.39, 0.29) is 5.75 Å². The maximum atomic E-state index is 12.2. The molecule has 0 N–H and O–H groups in total. The first-order valence-corrected chi connectivity index (χ1v) is 8.93. The van der Waals surface area contributed by atoms with Crippen molar-refractivity contribution in [3.8, 4) is 5.75 Å². The summed E-state index contributed by atoms with van der Waals surface area (Å²) in [5, 5.41) is 0.562. The normalized spacial score (nSPS) is 11.2. The molecule has 4 nitrogen and oxygen atoms in total. The third-order valence-electron chi connectivity index (χ3n) is 2.93. The lowest BCUT2D eigenvalue weighted by molar-refractivity contribution is 0.0733. The number of sulfone groups is 1. The summed E-state index contributed by atoms with van der Waals surface area (Å²) in [7, 11) is -3.16. The van der Waals surface area contributed by atoms with Gasteiger partial charge in [0, 0.05) is 11.3 Å². The van der Waals surface area contributed by atoms with E-state index in [0.717, 1.165) is 11.8 Å². The summed E-state index contributed by atoms with van der Waals surface area (Å²) in [5.74, 6) is -0.239. The van der Waals surface area contributed by atoms with Crippen molar-refractivity contribution < 1.29 is 17.9 Å². The number of halogens is 1. The van der Waals surface area contributed by atoms with Gasteiger partial charge >= 0.3 is 5.97 Å². The number of rotatable bonds is 4. The maximum absolute atomic E-state index is 12.2. The summed E-state index contributed by atoms with van der Waals surface area (Å²) >= 11 is 5.86. The van der Waals surface area contributed by atoms with E-state index in [4.69, 9.17) is 16.3 Å². The molecular weight excluding hydrogens is 324 g/mol. The topological polar surface area (TPSA) is 60.4 Å². The Bertz CT molecular complexity index is 813. The molecule has 2 aromatic carbocycles. The Morgan fingerprint density at radius 3 is 2.55 bits per heavy atom. The Hall–Kier alpha value is -1.85. The van der Waals surface area contributed by atoms with Crippen LogP contribution in [0.1, 0.15) is 21.5 Å². The molecule has 2 aromatic rings. The second kappa shape index (κ2) is 6.50. The molecule has 2 rings (SSSR count). The summed E-state index contributed by atoms with van der Waals surface area (Å²) in [6.45, 7) is 1.79. The van der Waals surface area contributed by atoms with Crippen LogP contribution in [0.25, 0.3) is 0 Å². The van der Waals surface area contributed by atoms with Gasteiger partial charge in [-0.05, 0) is 48.4 Å². The predicted molar refractivity (Wildman–Crippen MR) is 86.1 cm³/mol. The molecule has 22 heavy (non-hydrogen) atoms. The minimum atomic E-state index is -3.16. The number of carbonyl (C=O) groups is 1. The zero-order valence-electron chi connectivity index (χ0n) is 12.2. The van der Waals surface area contributed by atoms with Gasteiger partial charge in [0.25, 0.3) is 0 Å². The largest absolute Gasteiger partial charge is 0.423 e. The summed E-state index contributed by atoms with van der Waals surface area (Å²) in [6, 6.07) is 11.3. The second-order valence-electron chi connectivity index (χ2n) is 5.07. The predicted octanol–water partition coefficient (Wildman–Crippen LogP) is 3.41. The number of hydrogen-bond donors (Lipinski definition) is 0. The van der Waals surface area contributed by atoms with Crippen LogP contribution in [0.3, 0.4) is 0 Å². The highest BCUT2D eigenvalue weighted by Crippen LogP contribution is 2.23. The first-order valence-electron chi connectivity index (χ1n) is 6.49. The average molecular weight is 339 g/mol. The molecule has 0 bridgehead atoms. The molecule has 0 amide bonds. The molecule has 0 saturated heterocycles. The summed E-state index contributed by atoms with van der Waals surface area (Å²) < 4.78 is 28.0. The lowest BCUT2D eigenvalue weighted by Crippen LogP contribution is -2.10. The van der Waals surface area contributed by atoms with Crippen molar-refractivity contribution in [2.75, 3.05) is 6.26 Å². The van der Waals surface area contributed by atoms with Crippen LogP contribution < -0.4 is 4.74 Å². The number of aryl methyl sites for hydroxylation is 1. The minimum absolute atomic E-state index is 0.117. The van der Waals surface area contributed by atoms with Crippen molar-refractivity contribution in [2.45, 2.75) is 12.7 Å². The van der Waals surface area contributed by atoms with Crippen molar-refractivity contribution in [1.82, 2.24) is 0 Å². The second-order valence-corrected chi connectivity index (χ2v) is 7.65. The van der Waals surface area contributed by atoms with Gasteiger partial charge in [0.05, 0.1) is 11.3 Å². The molecule has 0 aliphatic heterocycles. The van der Waals surface area contributed by atoms with E-state index in [1.807, 2.05) is 0 Å². The van der Waals surface area contributed by atoms with Crippen molar-refractivity contribution >= 4 is 27.4 Å². The van der Waals surface area contributed by atoms with E-state index in [2.05, 4.69) is 0 Å². The fourth-order valence-corrected chi connectivity index (χ4v) is 2.99. The first-order chi connectivity index (χ1) is 10.2. The van der Waals surface area contributed by atoms with Gasteiger partial charge in [0.1, 0.15) is 5.75 Å². The highest BCUT2D eigenvalue weighted by Gasteiger charge is 2.12. The molecule has 0 fully saturated rings. The van der Waals surface area contributed by atoms with Crippen LogP contribution in [0.4, 0.5) is 0 Å². The molecule has 0 aliphatic rings. The summed E-state index contributed by atoms with van der Waals surface area (Å²) in [4.78, 5) is 12.2. The molecule has 116 valence electrons. The third kappa shape index (κ3) is 4.58. The van der Waals surface area contributed by atoms with Crippen LogP contribution in [0, 0.1) is 6.92 Å². The van der Waals surface area contributed by atoms with Gasteiger partial charge in [-0.1, -0.05) is 23.7 Å². The van der Waals surface area contributed by atoms with E-state index in [1.165, 1.54) is 6.07 Å². The standard InChI is InChI=1S/C16H15ClO4S/c1-11-8-14(17)6-7-15(11)21-16(18)13-5-3-4-12(9-13)10-22(2,19)20/h3-9H,10H2,1-2H3. The van der Waals surface area contributed by atoms with Gasteiger partial charge in [-0.3, -0.25) is 0 Å². The molecule has 0 saturated carbocycles. The molecule has 0 atom stereocenters. The number of carbonyl (C=O) groups excluding carboxylic acids is 1. The average Bonchev–Trinajstić information content (AvgIpc) is 2.40. The molecule has 0 aromatic heterocycles. The molecule has 6 heteroatoms. The molecule has 0 aliphatic carbocycles. The van der Waals surface area contributed by atoms with Gasteiger partial charge in [0.2, 0.25) is 0 Å². The Morgan fingerprint density at radius 1 is 1.18 bits per heavy atom. The first kappa shape index (κ1) is 16.5. The van der Waals surface area contributed by atoms with Gasteiger partial charge in [0.15, 0.2) is 9.84 Å². The Labute approximate surface area is 134 Å². The number of hydrogen-bond acceptors (Lipinski definition) is 4. The number of ether oxygens (including phenoxy) is 1. The molecule has 0 radical (unpaired) electrons. The van der Waals surface area contributed by atoms with Gasteiger partial charge < -0.3 is 4.74 Å². The quantitative estimate of drug-likeness (QED) is 0.633. The number of esters is 1. The van der Waals surface area contributed by atoms with E-state index < -0.39 is 15.8 Å². The Balaban J connectivity index is 2.21. The maximum Gasteiger partial charge on any atom is 0.343 e. The lowest BCUT2D eigenvalue weighted by Gasteiger charge is -2.08. The van der Waals surface area contributed by atoms with Crippen LogP contribution in [-0.2, 0) is 15.6 Å². The highest BCUT2D eigenvalue weighted by molar-refractivity contribution is 7.89. The van der Waals surface area contributed by atoms with E-state index in [0.29, 0.717) is 21.9 Å². The fraction of sp³-hybridized carbons (Fsp3) is 0.188. The zero-order chi connectivity index (χ0) is 16.3. The van der Waals surface area contributed by atoms with Crippen molar-refractivity contribution in [2.24, 2.45) is 0 Å². The fourth-order valence-electron chi connectivity index (χ4n) is 1.98. The van der Waals surface area contributed by atoms with Crippen LogP contribution in [-0.4, -0.2) is 20.6 Å². The van der Waals surface area contributed by atoms with Gasteiger partial charge in [-0.2, -0.15) is 0 Å². The SMILES string of the molecule is Cc1cc(Cl)ccc1OC(=O)c1cccc(CS(C)(=O)=O)c1. The van der Waals surface area contributed by atoms with Crippen LogP contribution in [0.2, 0.25) is 5.02 Å². The monoisotopic (exact) mass is 338 g/mol. The Kier molecular flexibility index (Phi) is 4.88. The van der Waals surface area contributed by atoms with Gasteiger partial charge in [-0.15, -0.1) is 0 Å². The summed E-state index contributed by atoms with van der Waals surface area (Å²) in [6.07, 6.45) is 1.15. The minimum Gasteiger partial charge on any atom is -0.423 e. The van der Waals surface area contributed by atoms with Crippen LogP contribution in [0.5, 0.6) is 5.75 Å². The van der Waals surface area contributed by atoms with Crippen molar-refractivity contribution in [1.29, 1.82) is 0 Å². The lowest BCUT2D eigenvalue weighted by atomic mass is 10.1. The van der Waals surface area contributed by atoms with Crippen molar-refractivity contribution in [3.05, 3.63) is 64.2 Å². The van der Waals surface area contributed by atoms with E-state index >= 15 is 0 Å². The highest BCUT2D eigenvalue weighted by atomic mass is 35.5. The van der Waals surface area contributed by atoms with Crippen LogP contribution >= 0.6 is 11.6 Å². The van der Waals surface area contributed by atoms with Gasteiger partial charge in [-0.25, -0.2) is 13.2 Å². The van der Waals surface area contributed by atoms with Crippen LogP contribution in [0.15, 0.2) is 42.5 Å². The van der Waals surface area contributed by atoms with Crippen molar-refractivity contribution in [3.63, 3.8) is 0 Å². The number of benzene rings is 2. The summed E-state index contributed by atoms with van der Waals surface area (Å²) in [5.41, 5.74) is 1.59. The third-order valence-corrected chi connectivity index (χ3v) is 4.02. The zero-order valence-corrected chi connectivity index (χ0v) is 13.7. The smallest absolute Gasteiger partial charge is 0.343 e. The van der Waals surface area contributed by atoms with E-state index in [1.54, 1.807) is 43.3 Å². The Morgan fingerprint density at radius 2 is 1.91 bits per heavy atom. The molecular formula is C16H15ClO4S. The van der Waals surface area contributed by atoms with E-state index in [9.17, 15) is 13.2 Å². The molecule has 0 spiro atoms.